The molecule has 148 valence electrons. The minimum Gasteiger partial charge on any atom is -0.366 e. The summed E-state index contributed by atoms with van der Waals surface area (Å²) in [7, 11) is 0. The summed E-state index contributed by atoms with van der Waals surface area (Å²) in [5.74, 6) is -0.0218. The van der Waals surface area contributed by atoms with Gasteiger partial charge in [0.1, 0.15) is 5.69 Å². The molecule has 2 aromatic carbocycles. The molecule has 3 rings (SSSR count). The maximum Gasteiger partial charge on any atom is 0.292 e. The minimum absolute atomic E-state index is 0.0535. The summed E-state index contributed by atoms with van der Waals surface area (Å²) in [6.45, 7) is 5.46. The van der Waals surface area contributed by atoms with E-state index in [1.54, 1.807) is 12.1 Å². The number of nitrogens with one attached hydrogen (secondary N) is 1. The molecule has 0 atom stereocenters. The van der Waals surface area contributed by atoms with Crippen LogP contribution in [0.4, 0.5) is 17.1 Å². The second-order valence-corrected chi connectivity index (χ2v) is 7.15. The number of nitro groups is 1. The van der Waals surface area contributed by atoms with Crippen molar-refractivity contribution in [3.05, 3.63) is 63.7 Å². The summed E-state index contributed by atoms with van der Waals surface area (Å²) < 4.78 is 0. The third-order valence-corrected chi connectivity index (χ3v) is 5.53. The molecular formula is C22H27N3O3. The molecule has 1 heterocycles. The van der Waals surface area contributed by atoms with E-state index in [0.29, 0.717) is 31.6 Å². The van der Waals surface area contributed by atoms with Crippen LogP contribution in [0, 0.1) is 16.0 Å². The van der Waals surface area contributed by atoms with Crippen LogP contribution in [0.2, 0.25) is 0 Å². The van der Waals surface area contributed by atoms with Crippen molar-refractivity contribution < 1.29 is 9.72 Å². The van der Waals surface area contributed by atoms with Gasteiger partial charge in [-0.1, -0.05) is 44.2 Å². The molecule has 0 bridgehead atoms. The summed E-state index contributed by atoms with van der Waals surface area (Å²) in [6.07, 6.45) is 3.13. The largest absolute Gasteiger partial charge is 0.366 e. The molecule has 0 unspecified atom stereocenters. The highest BCUT2D eigenvalue weighted by atomic mass is 16.6. The highest BCUT2D eigenvalue weighted by molar-refractivity contribution is 5.94. The molecule has 1 saturated heterocycles. The molecule has 28 heavy (non-hydrogen) atoms. The van der Waals surface area contributed by atoms with Gasteiger partial charge in [-0.3, -0.25) is 14.9 Å². The van der Waals surface area contributed by atoms with Gasteiger partial charge in [-0.2, -0.15) is 0 Å². The Morgan fingerprint density at radius 1 is 1.07 bits per heavy atom. The number of hydrogen-bond acceptors (Lipinski definition) is 4. The molecule has 1 amide bonds. The van der Waals surface area contributed by atoms with Crippen LogP contribution in [0.15, 0.2) is 42.5 Å². The number of hydrogen-bond donors (Lipinski definition) is 1. The second-order valence-electron chi connectivity index (χ2n) is 7.15. The number of nitrogens with zero attached hydrogens (tertiary/aromatic N) is 2. The molecule has 0 radical (unpaired) electrons. The molecular weight excluding hydrogens is 354 g/mol. The summed E-state index contributed by atoms with van der Waals surface area (Å²) in [5.41, 5.74) is 4.03. The van der Waals surface area contributed by atoms with Crippen molar-refractivity contribution in [2.24, 2.45) is 5.92 Å². The SMILES string of the molecule is CCc1cccc(CC)c1NC(=O)C1CCN(c2ccccc2[N+](=O)[O-])CC1. The average molecular weight is 381 g/mol. The van der Waals surface area contributed by atoms with Gasteiger partial charge in [0.15, 0.2) is 0 Å². The van der Waals surface area contributed by atoms with E-state index in [0.717, 1.165) is 29.7 Å². The molecule has 1 N–H and O–H groups in total. The number of carbonyl (C=O) groups excluding carboxylic acids is 1. The van der Waals surface area contributed by atoms with Crippen molar-refractivity contribution in [2.45, 2.75) is 39.5 Å². The van der Waals surface area contributed by atoms with E-state index in [2.05, 4.69) is 31.3 Å². The number of para-hydroxylation sites is 3. The fraction of sp³-hybridized carbons (Fsp3) is 0.409. The third kappa shape index (κ3) is 4.16. The van der Waals surface area contributed by atoms with E-state index >= 15 is 0 Å². The summed E-state index contributed by atoms with van der Waals surface area (Å²) in [6, 6.07) is 13.0. The van der Waals surface area contributed by atoms with Crippen LogP contribution in [0.5, 0.6) is 0 Å². The first-order chi connectivity index (χ1) is 13.5. The van der Waals surface area contributed by atoms with Crippen LogP contribution in [-0.2, 0) is 17.6 Å². The second kappa shape index (κ2) is 8.87. The summed E-state index contributed by atoms with van der Waals surface area (Å²) >= 11 is 0. The van der Waals surface area contributed by atoms with Crippen molar-refractivity contribution in [3.8, 4) is 0 Å². The van der Waals surface area contributed by atoms with Crippen molar-refractivity contribution in [3.63, 3.8) is 0 Å². The maximum atomic E-state index is 12.9. The Morgan fingerprint density at radius 2 is 1.68 bits per heavy atom. The minimum atomic E-state index is -0.345. The lowest BCUT2D eigenvalue weighted by molar-refractivity contribution is -0.384. The average Bonchev–Trinajstić information content (AvgIpc) is 2.73. The first kappa shape index (κ1) is 19.9. The smallest absolute Gasteiger partial charge is 0.292 e. The molecule has 0 aromatic heterocycles. The van der Waals surface area contributed by atoms with Gasteiger partial charge in [0.05, 0.1) is 4.92 Å². The van der Waals surface area contributed by atoms with E-state index in [4.69, 9.17) is 0 Å². The number of amides is 1. The number of carbonyl (C=O) groups is 1. The standard InChI is InChI=1S/C22H27N3O3/c1-3-16-8-7-9-17(4-2)21(16)23-22(26)18-12-14-24(15-13-18)19-10-5-6-11-20(19)25(27)28/h5-11,18H,3-4,12-15H2,1-2H3,(H,23,26). The van der Waals surface area contributed by atoms with E-state index in [9.17, 15) is 14.9 Å². The van der Waals surface area contributed by atoms with E-state index in [1.165, 1.54) is 6.07 Å². The van der Waals surface area contributed by atoms with Crippen LogP contribution in [0.3, 0.4) is 0 Å². The van der Waals surface area contributed by atoms with Crippen molar-refractivity contribution in [2.75, 3.05) is 23.3 Å². The monoisotopic (exact) mass is 381 g/mol. The molecule has 1 aliphatic heterocycles. The molecule has 1 fully saturated rings. The normalized spacial score (nSPS) is 14.7. The Labute approximate surface area is 165 Å². The highest BCUT2D eigenvalue weighted by Crippen LogP contribution is 2.32. The molecule has 6 nitrogen and oxygen atoms in total. The Kier molecular flexibility index (Phi) is 6.29. The molecule has 0 aliphatic carbocycles. The number of nitro benzene ring substituents is 1. The first-order valence-corrected chi connectivity index (χ1v) is 9.95. The van der Waals surface area contributed by atoms with Crippen LogP contribution < -0.4 is 10.2 Å². The predicted octanol–water partition coefficient (Wildman–Crippen LogP) is 4.57. The van der Waals surface area contributed by atoms with Gasteiger partial charge in [-0.15, -0.1) is 0 Å². The Balaban J connectivity index is 1.68. The van der Waals surface area contributed by atoms with E-state index in [1.807, 2.05) is 17.0 Å². The number of rotatable bonds is 6. The number of piperidine rings is 1. The van der Waals surface area contributed by atoms with Gasteiger partial charge < -0.3 is 10.2 Å². The fourth-order valence-electron chi connectivity index (χ4n) is 3.90. The molecule has 2 aromatic rings. The van der Waals surface area contributed by atoms with Crippen LogP contribution >= 0.6 is 0 Å². The zero-order valence-electron chi connectivity index (χ0n) is 16.5. The zero-order chi connectivity index (χ0) is 20.1. The third-order valence-electron chi connectivity index (χ3n) is 5.53. The highest BCUT2D eigenvalue weighted by Gasteiger charge is 2.28. The summed E-state index contributed by atoms with van der Waals surface area (Å²) in [4.78, 5) is 25.8. The van der Waals surface area contributed by atoms with Gasteiger partial charge in [0.2, 0.25) is 5.91 Å². The lowest BCUT2D eigenvalue weighted by atomic mass is 9.94. The molecule has 0 saturated carbocycles. The van der Waals surface area contributed by atoms with Crippen LogP contribution in [0.25, 0.3) is 0 Å². The van der Waals surface area contributed by atoms with Gasteiger partial charge in [0, 0.05) is 30.8 Å². The van der Waals surface area contributed by atoms with E-state index < -0.39 is 0 Å². The number of benzene rings is 2. The topological polar surface area (TPSA) is 75.5 Å². The number of anilines is 2. The first-order valence-electron chi connectivity index (χ1n) is 9.95. The zero-order valence-corrected chi connectivity index (χ0v) is 16.5. The molecule has 6 heteroatoms. The van der Waals surface area contributed by atoms with Crippen LogP contribution in [0.1, 0.15) is 37.8 Å². The van der Waals surface area contributed by atoms with Crippen LogP contribution in [-0.4, -0.2) is 23.9 Å². The van der Waals surface area contributed by atoms with Crippen molar-refractivity contribution in [1.82, 2.24) is 0 Å². The Morgan fingerprint density at radius 3 is 2.25 bits per heavy atom. The van der Waals surface area contributed by atoms with Gasteiger partial charge >= 0.3 is 0 Å². The number of aryl methyl sites for hydroxylation is 2. The fourth-order valence-corrected chi connectivity index (χ4v) is 3.90. The molecule has 0 spiro atoms. The van der Waals surface area contributed by atoms with Gasteiger partial charge in [-0.25, -0.2) is 0 Å². The predicted molar refractivity (Wildman–Crippen MR) is 112 cm³/mol. The van der Waals surface area contributed by atoms with Gasteiger partial charge in [-0.05, 0) is 42.9 Å². The van der Waals surface area contributed by atoms with Gasteiger partial charge in [0.25, 0.3) is 5.69 Å². The Hall–Kier alpha value is -2.89. The van der Waals surface area contributed by atoms with Crippen molar-refractivity contribution in [1.29, 1.82) is 0 Å². The Bertz CT molecular complexity index is 836. The lowest BCUT2D eigenvalue weighted by Crippen LogP contribution is -2.38. The van der Waals surface area contributed by atoms with E-state index in [-0.39, 0.29) is 22.4 Å². The quantitative estimate of drug-likeness (QED) is 0.587. The lowest BCUT2D eigenvalue weighted by Gasteiger charge is -2.32. The summed E-state index contributed by atoms with van der Waals surface area (Å²) in [5, 5.41) is 14.4. The molecule has 1 aliphatic rings. The maximum absolute atomic E-state index is 12.9. The van der Waals surface area contributed by atoms with Crippen molar-refractivity contribution >= 4 is 23.0 Å².